The summed E-state index contributed by atoms with van der Waals surface area (Å²) in [5.41, 5.74) is 0.874. The van der Waals surface area contributed by atoms with Crippen molar-refractivity contribution in [3.05, 3.63) is 27.9 Å². The summed E-state index contributed by atoms with van der Waals surface area (Å²) in [7, 11) is 0. The number of carbonyl (C=O) groups excluding carboxylic acids is 1. The minimum absolute atomic E-state index is 0. The highest BCUT2D eigenvalue weighted by molar-refractivity contribution is 9.15. The molecule has 1 aromatic carbocycles. The summed E-state index contributed by atoms with van der Waals surface area (Å²) in [6.07, 6.45) is 0.773. The third kappa shape index (κ3) is 5.90. The number of esters is 1. The van der Waals surface area contributed by atoms with Crippen molar-refractivity contribution in [1.29, 1.82) is 0 Å². The maximum absolute atomic E-state index is 11.7. The average molecular weight is 619 g/mol. The Kier molecular flexibility index (Phi) is 12.5. The molecule has 0 aliphatic rings. The molecule has 0 amide bonds. The summed E-state index contributed by atoms with van der Waals surface area (Å²) in [6, 6.07) is 0. The van der Waals surface area contributed by atoms with Crippen LogP contribution in [0.3, 0.4) is 0 Å². The van der Waals surface area contributed by atoms with Gasteiger partial charge in [-0.2, -0.15) is 0 Å². The van der Waals surface area contributed by atoms with Gasteiger partial charge in [0.25, 0.3) is 0 Å². The smallest absolute Gasteiger partial charge is 0.308 e. The number of rotatable bonds is 4. The fourth-order valence-corrected chi connectivity index (χ4v) is 4.59. The quantitative estimate of drug-likeness (QED) is 0.195. The zero-order chi connectivity index (χ0) is 14.7. The monoisotopic (exact) mass is 614 g/mol. The van der Waals surface area contributed by atoms with E-state index in [4.69, 9.17) is 4.74 Å². The van der Waals surface area contributed by atoms with Gasteiger partial charge in [0.15, 0.2) is 0 Å². The molecule has 7 heteroatoms. The number of hydrogen-bond donors (Lipinski definition) is 0. The van der Waals surface area contributed by atoms with Gasteiger partial charge < -0.3 is 4.74 Å². The van der Waals surface area contributed by atoms with Gasteiger partial charge in [-0.05, 0) is 86.1 Å². The van der Waals surface area contributed by atoms with Crippen molar-refractivity contribution in [2.24, 2.45) is 5.92 Å². The van der Waals surface area contributed by atoms with Crippen LogP contribution in [0.5, 0.6) is 0 Å². The van der Waals surface area contributed by atoms with Crippen LogP contribution in [-0.4, -0.2) is 5.97 Å². The van der Waals surface area contributed by atoms with Gasteiger partial charge in [-0.1, -0.05) is 28.7 Å². The lowest BCUT2D eigenvalue weighted by Crippen LogP contribution is -2.14. The number of benzene rings is 1. The van der Waals surface area contributed by atoms with Gasteiger partial charge in [0, 0.05) is 27.9 Å². The van der Waals surface area contributed by atoms with E-state index in [-0.39, 0.29) is 33.3 Å². The molecular weight excluding hydrogens is 600 g/mol. The van der Waals surface area contributed by atoms with Crippen LogP contribution in [0.4, 0.5) is 0 Å². The molecule has 0 saturated carbocycles. The van der Waals surface area contributed by atoms with Gasteiger partial charge in [-0.25, -0.2) is 0 Å². The first kappa shape index (κ1) is 24.3. The topological polar surface area (TPSA) is 26.3 Å². The molecule has 0 aliphatic heterocycles. The second-order valence-corrected chi connectivity index (χ2v) is 7.93. The predicted molar refractivity (Wildman–Crippen MR) is 108 cm³/mol. The van der Waals surface area contributed by atoms with Gasteiger partial charge in [0.05, 0.1) is 5.92 Å². The normalized spacial score (nSPS) is 11.2. The van der Waals surface area contributed by atoms with Crippen LogP contribution in [0.25, 0.3) is 0 Å². The number of ether oxygens (including phenoxy) is 1. The second-order valence-electron chi connectivity index (χ2n) is 3.97. The lowest BCUT2D eigenvalue weighted by Gasteiger charge is -2.15. The minimum Gasteiger partial charge on any atom is -0.461 e. The number of hydrogen-bond acceptors (Lipinski definition) is 2. The first-order chi connectivity index (χ1) is 8.81. The molecular formula is C14H19Br5O2. The Morgan fingerprint density at radius 1 is 0.952 bits per heavy atom. The van der Waals surface area contributed by atoms with Crippen molar-refractivity contribution in [1.82, 2.24) is 0 Å². The van der Waals surface area contributed by atoms with E-state index in [1.54, 1.807) is 0 Å². The predicted octanol–water partition coefficient (Wildman–Crippen LogP) is 7.86. The van der Waals surface area contributed by atoms with Gasteiger partial charge in [-0.3, -0.25) is 4.79 Å². The van der Waals surface area contributed by atoms with E-state index < -0.39 is 0 Å². The van der Waals surface area contributed by atoms with Crippen molar-refractivity contribution in [3.63, 3.8) is 0 Å². The van der Waals surface area contributed by atoms with E-state index in [9.17, 15) is 4.79 Å². The van der Waals surface area contributed by atoms with E-state index >= 15 is 0 Å². The van der Waals surface area contributed by atoms with Crippen LogP contribution < -0.4 is 0 Å². The summed E-state index contributed by atoms with van der Waals surface area (Å²) in [6.45, 7) is 4.04. The van der Waals surface area contributed by atoms with Crippen LogP contribution in [0, 0.1) is 5.92 Å². The summed E-state index contributed by atoms with van der Waals surface area (Å²) >= 11 is 17.4. The Morgan fingerprint density at radius 3 is 1.71 bits per heavy atom. The summed E-state index contributed by atoms with van der Waals surface area (Å²) in [5.74, 6) is -0.267. The fraction of sp³-hybridized carbons (Fsp3) is 0.500. The summed E-state index contributed by atoms with van der Waals surface area (Å²) in [4.78, 5) is 11.7. The molecule has 0 spiro atoms. The second kappa shape index (κ2) is 10.8. The van der Waals surface area contributed by atoms with Crippen molar-refractivity contribution < 1.29 is 9.53 Å². The maximum atomic E-state index is 11.7. The Balaban J connectivity index is 0. The lowest BCUT2D eigenvalue weighted by atomic mass is 10.1. The number of carbonyl (C=O) groups is 1. The molecule has 0 heterocycles. The largest absolute Gasteiger partial charge is 0.461 e. The molecule has 122 valence electrons. The van der Waals surface area contributed by atoms with E-state index in [0.717, 1.165) is 34.3 Å². The third-order valence-corrected chi connectivity index (χ3v) is 8.93. The third-order valence-electron chi connectivity index (χ3n) is 2.67. The van der Waals surface area contributed by atoms with Gasteiger partial charge in [-0.15, -0.1) is 0 Å². The average Bonchev–Trinajstić information content (AvgIpc) is 2.41. The van der Waals surface area contributed by atoms with E-state index in [0.29, 0.717) is 0 Å². The highest BCUT2D eigenvalue weighted by Crippen LogP contribution is 2.44. The van der Waals surface area contributed by atoms with E-state index in [1.807, 2.05) is 13.8 Å². The molecule has 1 aromatic rings. The Morgan fingerprint density at radius 2 is 1.33 bits per heavy atom. The first-order valence-electron chi connectivity index (χ1n) is 5.48. The van der Waals surface area contributed by atoms with E-state index in [2.05, 4.69) is 79.6 Å². The molecule has 1 atom stereocenters. The van der Waals surface area contributed by atoms with Crippen molar-refractivity contribution in [2.75, 3.05) is 0 Å². The van der Waals surface area contributed by atoms with E-state index in [1.165, 1.54) is 0 Å². The minimum atomic E-state index is -0.184. The van der Waals surface area contributed by atoms with Crippen molar-refractivity contribution in [3.8, 4) is 0 Å². The lowest BCUT2D eigenvalue weighted by molar-refractivity contribution is -0.149. The SMILES string of the molecule is C.C.CCC(C)C(=O)OCc1c(Br)c(Br)c(Br)c(Br)c1Br. The fourth-order valence-electron chi connectivity index (χ4n) is 1.23. The molecule has 0 bridgehead atoms. The molecule has 0 N–H and O–H groups in total. The Labute approximate surface area is 169 Å². The van der Waals surface area contributed by atoms with Crippen LogP contribution in [0.1, 0.15) is 40.7 Å². The van der Waals surface area contributed by atoms with Gasteiger partial charge >= 0.3 is 5.97 Å². The molecule has 0 aliphatic carbocycles. The van der Waals surface area contributed by atoms with Crippen LogP contribution in [0.2, 0.25) is 0 Å². The molecule has 0 aromatic heterocycles. The molecule has 0 fully saturated rings. The zero-order valence-corrected chi connectivity index (χ0v) is 18.1. The highest BCUT2D eigenvalue weighted by Gasteiger charge is 2.19. The van der Waals surface area contributed by atoms with Crippen LogP contribution in [0.15, 0.2) is 22.4 Å². The Bertz CT molecular complexity index is 474. The van der Waals surface area contributed by atoms with Crippen LogP contribution >= 0.6 is 79.6 Å². The van der Waals surface area contributed by atoms with Gasteiger partial charge in [0.1, 0.15) is 6.61 Å². The first-order valence-corrected chi connectivity index (χ1v) is 9.44. The highest BCUT2D eigenvalue weighted by atomic mass is 79.9. The Hall–Kier alpha value is 1.09. The molecule has 1 unspecified atom stereocenters. The summed E-state index contributed by atoms with van der Waals surface area (Å²) < 4.78 is 9.68. The molecule has 2 nitrogen and oxygen atoms in total. The molecule has 0 saturated heterocycles. The standard InChI is InChI=1S/C12H11Br5O2.2CH4/c1-3-5(2)12(18)19-4-6-7(13)9(15)11(17)10(16)8(6)14;;/h5H,3-4H2,1-2H3;2*1H4. The molecule has 1 rings (SSSR count). The molecule has 21 heavy (non-hydrogen) atoms. The summed E-state index contributed by atoms with van der Waals surface area (Å²) in [5, 5.41) is 0. The molecule has 0 radical (unpaired) electrons. The van der Waals surface area contributed by atoms with Crippen molar-refractivity contribution in [2.45, 2.75) is 41.7 Å². The number of halogens is 5. The maximum Gasteiger partial charge on any atom is 0.308 e. The van der Waals surface area contributed by atoms with Gasteiger partial charge in [0.2, 0.25) is 0 Å². The zero-order valence-electron chi connectivity index (χ0n) is 10.2. The van der Waals surface area contributed by atoms with Crippen molar-refractivity contribution >= 4 is 85.6 Å². The van der Waals surface area contributed by atoms with Crippen LogP contribution in [-0.2, 0) is 16.1 Å².